The summed E-state index contributed by atoms with van der Waals surface area (Å²) in [6, 6.07) is 8.67. The Morgan fingerprint density at radius 2 is 2.20 bits per heavy atom. The molecule has 1 saturated carbocycles. The molecule has 0 radical (unpaired) electrons. The first-order valence-corrected chi connectivity index (χ1v) is 7.91. The highest BCUT2D eigenvalue weighted by Crippen LogP contribution is 2.59. The van der Waals surface area contributed by atoms with Crippen LogP contribution < -0.4 is 10.6 Å². The number of benzene rings is 1. The first kappa shape index (κ1) is 12.4. The third-order valence-electron chi connectivity index (χ3n) is 5.36. The maximum absolute atomic E-state index is 12.4. The zero-order valence-corrected chi connectivity index (χ0v) is 11.8. The number of fused-ring (bicyclic) bond motifs is 3. The molecule has 4 unspecified atom stereocenters. The van der Waals surface area contributed by atoms with Crippen molar-refractivity contribution in [1.29, 1.82) is 0 Å². The van der Waals surface area contributed by atoms with Crippen LogP contribution in [0.5, 0.6) is 0 Å². The fraction of sp³-hybridized carbons (Fsp3) is 0.588. The van der Waals surface area contributed by atoms with Crippen molar-refractivity contribution in [1.82, 2.24) is 10.6 Å². The molecule has 2 fully saturated rings. The highest BCUT2D eigenvalue weighted by atomic mass is 16.2. The van der Waals surface area contributed by atoms with Crippen LogP contribution in [0.4, 0.5) is 0 Å². The molecule has 3 aliphatic rings. The Kier molecular flexibility index (Phi) is 3.03. The van der Waals surface area contributed by atoms with E-state index in [9.17, 15) is 4.79 Å². The standard InChI is InChI=1S/C17H22N2O/c20-17(19-10-11-7-8-18-9-11)16-14-6-5-12-3-1-2-4-13(12)15(14)16/h1-4,11,14-16,18H,5-10H2,(H,19,20). The van der Waals surface area contributed by atoms with Gasteiger partial charge in [0.1, 0.15) is 0 Å². The Balaban J connectivity index is 1.40. The SMILES string of the molecule is O=C(NCC1CCNC1)C1C2CCc3ccccc3C21. The molecule has 4 atom stereocenters. The minimum atomic E-state index is 0.244. The second kappa shape index (κ2) is 4.88. The van der Waals surface area contributed by atoms with Crippen LogP contribution in [0.3, 0.4) is 0 Å². The predicted octanol–water partition coefficient (Wildman–Crippen LogP) is 1.69. The molecule has 1 heterocycles. The van der Waals surface area contributed by atoms with Gasteiger partial charge in [-0.2, -0.15) is 0 Å². The quantitative estimate of drug-likeness (QED) is 0.877. The first-order chi connectivity index (χ1) is 9.84. The van der Waals surface area contributed by atoms with Crippen LogP contribution in [0.25, 0.3) is 0 Å². The zero-order valence-electron chi connectivity index (χ0n) is 11.8. The molecule has 4 rings (SSSR count). The molecule has 1 aliphatic heterocycles. The minimum Gasteiger partial charge on any atom is -0.356 e. The molecular formula is C17H22N2O. The number of amides is 1. The normalized spacial score (nSPS) is 34.2. The molecule has 1 aromatic rings. The second-order valence-corrected chi connectivity index (χ2v) is 6.56. The number of carbonyl (C=O) groups excluding carboxylic acids is 1. The van der Waals surface area contributed by atoms with Crippen molar-refractivity contribution >= 4 is 5.91 Å². The van der Waals surface area contributed by atoms with E-state index in [0.717, 1.165) is 26.1 Å². The van der Waals surface area contributed by atoms with Crippen LogP contribution in [0.2, 0.25) is 0 Å². The number of hydrogen-bond acceptors (Lipinski definition) is 2. The van der Waals surface area contributed by atoms with Crippen molar-refractivity contribution < 1.29 is 4.79 Å². The number of aryl methyl sites for hydroxylation is 1. The molecule has 20 heavy (non-hydrogen) atoms. The summed E-state index contributed by atoms with van der Waals surface area (Å²) in [5.41, 5.74) is 2.90. The summed E-state index contributed by atoms with van der Waals surface area (Å²) < 4.78 is 0. The summed E-state index contributed by atoms with van der Waals surface area (Å²) in [6.45, 7) is 3.01. The molecule has 2 aliphatic carbocycles. The third-order valence-corrected chi connectivity index (χ3v) is 5.36. The lowest BCUT2D eigenvalue weighted by molar-refractivity contribution is -0.122. The Hall–Kier alpha value is -1.35. The molecule has 2 N–H and O–H groups in total. The van der Waals surface area contributed by atoms with Gasteiger partial charge >= 0.3 is 0 Å². The highest BCUT2D eigenvalue weighted by molar-refractivity contribution is 5.84. The molecular weight excluding hydrogens is 248 g/mol. The van der Waals surface area contributed by atoms with Crippen molar-refractivity contribution in [2.75, 3.05) is 19.6 Å². The van der Waals surface area contributed by atoms with E-state index in [1.807, 2.05) is 0 Å². The average Bonchev–Trinajstić information content (AvgIpc) is 3.00. The van der Waals surface area contributed by atoms with Crippen molar-refractivity contribution in [3.05, 3.63) is 35.4 Å². The molecule has 1 saturated heterocycles. The summed E-state index contributed by atoms with van der Waals surface area (Å²) in [4.78, 5) is 12.4. The first-order valence-electron chi connectivity index (χ1n) is 7.91. The summed E-state index contributed by atoms with van der Waals surface area (Å²) in [5.74, 6) is 2.27. The van der Waals surface area contributed by atoms with E-state index in [-0.39, 0.29) is 5.92 Å². The Bertz CT molecular complexity index is 521. The van der Waals surface area contributed by atoms with E-state index in [2.05, 4.69) is 34.9 Å². The molecule has 3 nitrogen and oxygen atoms in total. The monoisotopic (exact) mass is 270 g/mol. The van der Waals surface area contributed by atoms with Crippen LogP contribution >= 0.6 is 0 Å². The summed E-state index contributed by atoms with van der Waals surface area (Å²) in [6.07, 6.45) is 3.53. The Morgan fingerprint density at radius 1 is 1.30 bits per heavy atom. The molecule has 1 aromatic carbocycles. The predicted molar refractivity (Wildman–Crippen MR) is 78.5 cm³/mol. The van der Waals surface area contributed by atoms with Gasteiger partial charge in [0.05, 0.1) is 0 Å². The Labute approximate surface area is 120 Å². The zero-order chi connectivity index (χ0) is 13.5. The van der Waals surface area contributed by atoms with Crippen molar-refractivity contribution in [3.63, 3.8) is 0 Å². The van der Waals surface area contributed by atoms with Gasteiger partial charge in [-0.25, -0.2) is 0 Å². The second-order valence-electron chi connectivity index (χ2n) is 6.56. The van der Waals surface area contributed by atoms with Crippen molar-refractivity contribution in [2.24, 2.45) is 17.8 Å². The third kappa shape index (κ3) is 2.05. The van der Waals surface area contributed by atoms with E-state index in [4.69, 9.17) is 0 Å². The van der Waals surface area contributed by atoms with E-state index in [0.29, 0.717) is 23.7 Å². The van der Waals surface area contributed by atoms with Gasteiger partial charge in [0.25, 0.3) is 0 Å². The maximum Gasteiger partial charge on any atom is 0.224 e. The van der Waals surface area contributed by atoms with Crippen LogP contribution in [-0.4, -0.2) is 25.5 Å². The van der Waals surface area contributed by atoms with Gasteiger partial charge in [0.2, 0.25) is 5.91 Å². The lowest BCUT2D eigenvalue weighted by Gasteiger charge is -2.13. The van der Waals surface area contributed by atoms with Crippen LogP contribution in [0, 0.1) is 17.8 Å². The van der Waals surface area contributed by atoms with Gasteiger partial charge in [-0.15, -0.1) is 0 Å². The van der Waals surface area contributed by atoms with Crippen LogP contribution in [0.15, 0.2) is 24.3 Å². The summed E-state index contributed by atoms with van der Waals surface area (Å²) >= 11 is 0. The van der Waals surface area contributed by atoms with Gasteiger partial charge in [0, 0.05) is 12.5 Å². The highest BCUT2D eigenvalue weighted by Gasteiger charge is 2.56. The fourth-order valence-corrected chi connectivity index (χ4v) is 4.18. The molecule has 0 bridgehead atoms. The van der Waals surface area contributed by atoms with Crippen LogP contribution in [-0.2, 0) is 11.2 Å². The maximum atomic E-state index is 12.4. The van der Waals surface area contributed by atoms with E-state index >= 15 is 0 Å². The number of rotatable bonds is 3. The van der Waals surface area contributed by atoms with Crippen molar-refractivity contribution in [2.45, 2.75) is 25.2 Å². The molecule has 0 aromatic heterocycles. The molecule has 106 valence electrons. The van der Waals surface area contributed by atoms with Crippen molar-refractivity contribution in [3.8, 4) is 0 Å². The fourth-order valence-electron chi connectivity index (χ4n) is 4.18. The smallest absolute Gasteiger partial charge is 0.224 e. The molecule has 1 amide bonds. The van der Waals surface area contributed by atoms with E-state index < -0.39 is 0 Å². The number of nitrogens with one attached hydrogen (secondary N) is 2. The largest absolute Gasteiger partial charge is 0.356 e. The van der Waals surface area contributed by atoms with E-state index in [1.54, 1.807) is 0 Å². The topological polar surface area (TPSA) is 41.1 Å². The molecule has 3 heteroatoms. The van der Waals surface area contributed by atoms with E-state index in [1.165, 1.54) is 24.0 Å². The number of carbonyl (C=O) groups is 1. The summed E-state index contributed by atoms with van der Waals surface area (Å²) in [7, 11) is 0. The minimum absolute atomic E-state index is 0.244. The Morgan fingerprint density at radius 3 is 3.05 bits per heavy atom. The lowest BCUT2D eigenvalue weighted by Crippen LogP contribution is -2.32. The van der Waals surface area contributed by atoms with Gasteiger partial charge < -0.3 is 10.6 Å². The molecule has 0 spiro atoms. The van der Waals surface area contributed by atoms with Gasteiger partial charge in [-0.05, 0) is 61.2 Å². The van der Waals surface area contributed by atoms with Gasteiger partial charge in [-0.3, -0.25) is 4.79 Å². The van der Waals surface area contributed by atoms with Crippen LogP contribution in [0.1, 0.15) is 29.9 Å². The van der Waals surface area contributed by atoms with Gasteiger partial charge in [0.15, 0.2) is 0 Å². The van der Waals surface area contributed by atoms with Gasteiger partial charge in [-0.1, -0.05) is 24.3 Å². The number of hydrogen-bond donors (Lipinski definition) is 2. The lowest BCUT2D eigenvalue weighted by atomic mass is 9.92. The summed E-state index contributed by atoms with van der Waals surface area (Å²) in [5, 5.41) is 6.55. The average molecular weight is 270 g/mol.